The molecule has 0 saturated heterocycles. The van der Waals surface area contributed by atoms with Crippen LogP contribution in [0.3, 0.4) is 0 Å². The van der Waals surface area contributed by atoms with Crippen molar-refractivity contribution in [2.75, 3.05) is 5.32 Å². The maximum absolute atomic E-state index is 13.6. The Morgan fingerprint density at radius 3 is 2.40 bits per heavy atom. The molecular weight excluding hydrogens is 360 g/mol. The molecule has 0 heterocycles. The number of nitrogens with one attached hydrogen (secondary N) is 1. The summed E-state index contributed by atoms with van der Waals surface area (Å²) < 4.78 is 19.3. The van der Waals surface area contributed by atoms with E-state index in [1.807, 2.05) is 36.4 Å². The normalized spacial score (nSPS) is 10.5. The number of ether oxygens (including phenoxy) is 1. The molecule has 2 nitrogen and oxygen atoms in total. The van der Waals surface area contributed by atoms with E-state index in [1.165, 1.54) is 6.07 Å². The summed E-state index contributed by atoms with van der Waals surface area (Å²) in [5.41, 5.74) is 2.40. The van der Waals surface area contributed by atoms with Gasteiger partial charge in [0.25, 0.3) is 0 Å². The Bertz CT molecular complexity index is 850. The quantitative estimate of drug-likeness (QED) is 0.543. The van der Waals surface area contributed by atoms with Crippen LogP contribution in [0.5, 0.6) is 5.75 Å². The van der Waals surface area contributed by atoms with Gasteiger partial charge in [0.2, 0.25) is 0 Å². The fraction of sp³-hybridized carbons (Fsp3) is 0.100. The molecule has 0 saturated carbocycles. The maximum atomic E-state index is 13.6. The van der Waals surface area contributed by atoms with E-state index in [0.717, 1.165) is 11.3 Å². The topological polar surface area (TPSA) is 21.3 Å². The second-order valence-corrected chi connectivity index (χ2v) is 6.41. The zero-order valence-corrected chi connectivity index (χ0v) is 14.8. The molecule has 3 aromatic rings. The Hall–Kier alpha value is -2.23. The fourth-order valence-electron chi connectivity index (χ4n) is 2.38. The molecule has 0 fully saturated rings. The number of rotatable bonds is 6. The van der Waals surface area contributed by atoms with Gasteiger partial charge in [-0.1, -0.05) is 53.5 Å². The Kier molecular flexibility index (Phi) is 5.79. The molecule has 0 aliphatic heterocycles. The second kappa shape index (κ2) is 8.24. The molecule has 5 heteroatoms. The minimum absolute atomic E-state index is 0.188. The van der Waals surface area contributed by atoms with Gasteiger partial charge in [-0.05, 0) is 42.0 Å². The second-order valence-electron chi connectivity index (χ2n) is 5.54. The molecule has 0 aromatic heterocycles. The van der Waals surface area contributed by atoms with Crippen molar-refractivity contribution in [3.63, 3.8) is 0 Å². The highest BCUT2D eigenvalue weighted by Crippen LogP contribution is 2.23. The molecule has 0 amide bonds. The van der Waals surface area contributed by atoms with E-state index in [4.69, 9.17) is 27.9 Å². The highest BCUT2D eigenvalue weighted by atomic mass is 35.5. The maximum Gasteiger partial charge on any atom is 0.129 e. The van der Waals surface area contributed by atoms with Gasteiger partial charge in [-0.2, -0.15) is 0 Å². The lowest BCUT2D eigenvalue weighted by Gasteiger charge is -2.11. The predicted octanol–water partition coefficient (Wildman–Crippen LogP) is 6.32. The molecule has 0 unspecified atom stereocenters. The monoisotopic (exact) mass is 375 g/mol. The first-order valence-corrected chi connectivity index (χ1v) is 8.51. The van der Waals surface area contributed by atoms with Gasteiger partial charge in [0.05, 0.1) is 0 Å². The van der Waals surface area contributed by atoms with Crippen molar-refractivity contribution in [3.05, 3.63) is 93.7 Å². The van der Waals surface area contributed by atoms with E-state index >= 15 is 0 Å². The molecule has 3 rings (SSSR count). The van der Waals surface area contributed by atoms with E-state index < -0.39 is 0 Å². The van der Waals surface area contributed by atoms with Crippen molar-refractivity contribution in [3.8, 4) is 5.75 Å². The zero-order chi connectivity index (χ0) is 17.6. The summed E-state index contributed by atoms with van der Waals surface area (Å²) in [4.78, 5) is 0. The number of halogens is 3. The molecule has 0 spiro atoms. The summed E-state index contributed by atoms with van der Waals surface area (Å²) >= 11 is 12.0. The van der Waals surface area contributed by atoms with E-state index in [2.05, 4.69) is 5.32 Å². The summed E-state index contributed by atoms with van der Waals surface area (Å²) in [6.07, 6.45) is 0. The molecule has 0 atom stereocenters. The van der Waals surface area contributed by atoms with Crippen LogP contribution in [0.25, 0.3) is 0 Å². The third kappa shape index (κ3) is 5.12. The van der Waals surface area contributed by atoms with E-state index in [1.54, 1.807) is 24.3 Å². The minimum Gasteiger partial charge on any atom is -0.489 e. The van der Waals surface area contributed by atoms with Crippen LogP contribution in [0.4, 0.5) is 10.1 Å². The molecule has 25 heavy (non-hydrogen) atoms. The first-order chi connectivity index (χ1) is 12.1. The number of hydrogen-bond donors (Lipinski definition) is 1. The number of hydrogen-bond acceptors (Lipinski definition) is 2. The SMILES string of the molecule is Fc1ccccc1COc1cccc(CNc2cc(Cl)cc(Cl)c2)c1. The van der Waals surface area contributed by atoms with Crippen LogP contribution in [0.15, 0.2) is 66.7 Å². The molecule has 3 aromatic carbocycles. The van der Waals surface area contributed by atoms with Crippen molar-refractivity contribution in [2.45, 2.75) is 13.2 Å². The van der Waals surface area contributed by atoms with Crippen molar-refractivity contribution in [1.82, 2.24) is 0 Å². The average Bonchev–Trinajstić information content (AvgIpc) is 2.59. The van der Waals surface area contributed by atoms with Crippen molar-refractivity contribution in [1.29, 1.82) is 0 Å². The lowest BCUT2D eigenvalue weighted by molar-refractivity contribution is 0.299. The lowest BCUT2D eigenvalue weighted by atomic mass is 10.2. The molecule has 0 aliphatic rings. The molecule has 0 bridgehead atoms. The zero-order valence-electron chi connectivity index (χ0n) is 13.3. The number of anilines is 1. The highest BCUT2D eigenvalue weighted by molar-refractivity contribution is 6.35. The van der Waals surface area contributed by atoms with Gasteiger partial charge in [0, 0.05) is 27.8 Å². The van der Waals surface area contributed by atoms with Gasteiger partial charge in [-0.25, -0.2) is 4.39 Å². The van der Waals surface area contributed by atoms with Crippen molar-refractivity contribution in [2.24, 2.45) is 0 Å². The molecule has 1 N–H and O–H groups in total. The molecular formula is C20H16Cl2FNO. The summed E-state index contributed by atoms with van der Waals surface area (Å²) in [6.45, 7) is 0.779. The predicted molar refractivity (Wildman–Crippen MR) is 101 cm³/mol. The smallest absolute Gasteiger partial charge is 0.129 e. The Morgan fingerprint density at radius 2 is 1.64 bits per heavy atom. The average molecular weight is 376 g/mol. The molecule has 0 aliphatic carbocycles. The summed E-state index contributed by atoms with van der Waals surface area (Å²) in [7, 11) is 0. The van der Waals surface area contributed by atoms with Gasteiger partial charge >= 0.3 is 0 Å². The first kappa shape index (κ1) is 17.6. The third-order valence-electron chi connectivity index (χ3n) is 3.61. The number of benzene rings is 3. The lowest BCUT2D eigenvalue weighted by Crippen LogP contribution is -2.01. The van der Waals surface area contributed by atoms with Gasteiger partial charge in [0.1, 0.15) is 18.2 Å². The van der Waals surface area contributed by atoms with Gasteiger partial charge in [-0.3, -0.25) is 0 Å². The Balaban J connectivity index is 1.62. The molecule has 128 valence electrons. The van der Waals surface area contributed by atoms with E-state index in [-0.39, 0.29) is 12.4 Å². The van der Waals surface area contributed by atoms with Crippen molar-refractivity contribution < 1.29 is 9.13 Å². The van der Waals surface area contributed by atoms with Gasteiger partial charge < -0.3 is 10.1 Å². The van der Waals surface area contributed by atoms with Crippen LogP contribution in [-0.2, 0) is 13.2 Å². The Labute approximate surface area is 156 Å². The van der Waals surface area contributed by atoms with Crippen LogP contribution in [0, 0.1) is 5.82 Å². The van der Waals surface area contributed by atoms with Crippen LogP contribution < -0.4 is 10.1 Å². The molecule has 0 radical (unpaired) electrons. The standard InChI is InChI=1S/C20H16Cl2FNO/c21-16-9-17(22)11-18(10-16)24-12-14-4-3-6-19(8-14)25-13-15-5-1-2-7-20(15)23/h1-11,24H,12-13H2. The van der Waals surface area contributed by atoms with Crippen LogP contribution >= 0.6 is 23.2 Å². The third-order valence-corrected chi connectivity index (χ3v) is 4.05. The fourth-order valence-corrected chi connectivity index (χ4v) is 2.91. The van der Waals surface area contributed by atoms with Crippen molar-refractivity contribution >= 4 is 28.9 Å². The Morgan fingerprint density at radius 1 is 0.880 bits per heavy atom. The van der Waals surface area contributed by atoms with Crippen LogP contribution in [0.1, 0.15) is 11.1 Å². The van der Waals surface area contributed by atoms with Crippen LogP contribution in [-0.4, -0.2) is 0 Å². The summed E-state index contributed by atoms with van der Waals surface area (Å²) in [6, 6.07) is 19.5. The minimum atomic E-state index is -0.266. The van der Waals surface area contributed by atoms with Gasteiger partial charge in [-0.15, -0.1) is 0 Å². The summed E-state index contributed by atoms with van der Waals surface area (Å²) in [5, 5.41) is 4.43. The van der Waals surface area contributed by atoms with E-state index in [0.29, 0.717) is 27.9 Å². The van der Waals surface area contributed by atoms with E-state index in [9.17, 15) is 4.39 Å². The van der Waals surface area contributed by atoms with Crippen LogP contribution in [0.2, 0.25) is 10.0 Å². The first-order valence-electron chi connectivity index (χ1n) is 7.75. The summed E-state index contributed by atoms with van der Waals surface area (Å²) in [5.74, 6) is 0.421. The van der Waals surface area contributed by atoms with Gasteiger partial charge in [0.15, 0.2) is 0 Å². The largest absolute Gasteiger partial charge is 0.489 e. The highest BCUT2D eigenvalue weighted by Gasteiger charge is 2.03.